The zero-order chi connectivity index (χ0) is 16.3. The second-order valence-electron chi connectivity index (χ2n) is 6.10. The highest BCUT2D eigenvalue weighted by Crippen LogP contribution is 2.23. The molecular weight excluding hydrogens is 296 g/mol. The van der Waals surface area contributed by atoms with Crippen molar-refractivity contribution in [1.82, 2.24) is 9.88 Å². The summed E-state index contributed by atoms with van der Waals surface area (Å²) in [6.45, 7) is 3.96. The molecule has 1 amide bonds. The van der Waals surface area contributed by atoms with Crippen LogP contribution in [-0.4, -0.2) is 67.8 Å². The predicted molar refractivity (Wildman–Crippen MR) is 86.6 cm³/mol. The maximum Gasteiger partial charge on any atom is 0.242 e. The topological polar surface area (TPSA) is 80.9 Å². The Morgan fingerprint density at radius 1 is 1.30 bits per heavy atom. The van der Waals surface area contributed by atoms with Crippen LogP contribution in [0.3, 0.4) is 0 Å². The number of amides is 1. The minimum Gasteiger partial charge on any atom is -0.497 e. The number of pyridine rings is 1. The van der Waals surface area contributed by atoms with Crippen molar-refractivity contribution in [2.75, 3.05) is 51.4 Å². The molecule has 23 heavy (non-hydrogen) atoms. The number of carbonyl (C=O) groups excluding carboxylic acids is 1. The summed E-state index contributed by atoms with van der Waals surface area (Å²) in [4.78, 5) is 21.1. The van der Waals surface area contributed by atoms with Gasteiger partial charge in [-0.1, -0.05) is 0 Å². The molecule has 0 saturated carbocycles. The summed E-state index contributed by atoms with van der Waals surface area (Å²) in [6, 6.07) is 3.74. The average molecular weight is 320 g/mol. The lowest BCUT2D eigenvalue weighted by Gasteiger charge is -2.41. The number of anilines is 1. The van der Waals surface area contributed by atoms with Crippen LogP contribution in [0.15, 0.2) is 18.3 Å². The van der Waals surface area contributed by atoms with Crippen molar-refractivity contribution in [3.05, 3.63) is 18.3 Å². The lowest BCUT2D eigenvalue weighted by Crippen LogP contribution is -2.61. The Labute approximate surface area is 136 Å². The van der Waals surface area contributed by atoms with Gasteiger partial charge in [0.1, 0.15) is 11.6 Å². The van der Waals surface area contributed by atoms with Gasteiger partial charge in [0.25, 0.3) is 0 Å². The van der Waals surface area contributed by atoms with Gasteiger partial charge in [-0.05, 0) is 18.9 Å². The number of piperazine rings is 1. The summed E-state index contributed by atoms with van der Waals surface area (Å²) in [5.41, 5.74) is 5.55. The SMILES string of the molecule is COc1ccnc(N2CCN(C(=O)C3(N)CCOCC3)CC2)c1. The average Bonchev–Trinajstić information content (AvgIpc) is 2.62. The number of nitrogens with zero attached hydrogens (tertiary/aromatic N) is 3. The standard InChI is InChI=1S/C16H24N4O3/c1-22-13-2-5-18-14(12-13)19-6-8-20(9-7-19)15(21)16(17)3-10-23-11-4-16/h2,5,12H,3-4,6-11,17H2,1H3. The number of aromatic nitrogens is 1. The highest BCUT2D eigenvalue weighted by atomic mass is 16.5. The molecule has 0 aliphatic carbocycles. The molecule has 2 N–H and O–H groups in total. The van der Waals surface area contributed by atoms with Crippen molar-refractivity contribution >= 4 is 11.7 Å². The van der Waals surface area contributed by atoms with Gasteiger partial charge in [0, 0.05) is 51.7 Å². The number of rotatable bonds is 3. The van der Waals surface area contributed by atoms with E-state index in [0.717, 1.165) is 24.7 Å². The second kappa shape index (κ2) is 6.72. The monoisotopic (exact) mass is 320 g/mol. The first-order chi connectivity index (χ1) is 11.1. The van der Waals surface area contributed by atoms with Crippen LogP contribution in [0.4, 0.5) is 5.82 Å². The van der Waals surface area contributed by atoms with Crippen LogP contribution < -0.4 is 15.4 Å². The summed E-state index contributed by atoms with van der Waals surface area (Å²) < 4.78 is 10.6. The van der Waals surface area contributed by atoms with Crippen LogP contribution in [0, 0.1) is 0 Å². The first kappa shape index (κ1) is 16.0. The molecule has 1 aromatic rings. The fourth-order valence-electron chi connectivity index (χ4n) is 3.10. The molecule has 2 fully saturated rings. The Morgan fingerprint density at radius 2 is 2.00 bits per heavy atom. The Bertz CT molecular complexity index is 552. The normalized spacial score (nSPS) is 21.1. The Hall–Kier alpha value is -1.86. The third-order valence-electron chi connectivity index (χ3n) is 4.65. The zero-order valence-electron chi connectivity index (χ0n) is 13.5. The minimum atomic E-state index is -0.755. The quantitative estimate of drug-likeness (QED) is 0.860. The van der Waals surface area contributed by atoms with Crippen molar-refractivity contribution in [3.8, 4) is 5.75 Å². The Kier molecular flexibility index (Phi) is 4.68. The number of hydrogen-bond acceptors (Lipinski definition) is 6. The number of carbonyl (C=O) groups is 1. The minimum absolute atomic E-state index is 0.0547. The molecule has 2 aliphatic rings. The summed E-state index contributed by atoms with van der Waals surface area (Å²) in [5, 5.41) is 0. The van der Waals surface area contributed by atoms with Gasteiger partial charge in [-0.25, -0.2) is 4.98 Å². The van der Waals surface area contributed by atoms with Crippen molar-refractivity contribution in [1.29, 1.82) is 0 Å². The third kappa shape index (κ3) is 3.40. The molecule has 0 aromatic carbocycles. The maximum absolute atomic E-state index is 12.7. The smallest absolute Gasteiger partial charge is 0.242 e. The molecule has 126 valence electrons. The number of ether oxygens (including phenoxy) is 2. The Balaban J connectivity index is 1.60. The molecule has 1 aromatic heterocycles. The molecule has 3 heterocycles. The molecular formula is C16H24N4O3. The first-order valence-corrected chi connectivity index (χ1v) is 8.03. The van der Waals surface area contributed by atoms with Crippen molar-refractivity contribution in [2.24, 2.45) is 5.73 Å². The molecule has 0 atom stereocenters. The molecule has 0 spiro atoms. The first-order valence-electron chi connectivity index (χ1n) is 8.03. The molecule has 7 heteroatoms. The van der Waals surface area contributed by atoms with Crippen molar-refractivity contribution < 1.29 is 14.3 Å². The van der Waals surface area contributed by atoms with E-state index < -0.39 is 5.54 Å². The van der Waals surface area contributed by atoms with Gasteiger partial charge in [-0.3, -0.25) is 4.79 Å². The third-order valence-corrected chi connectivity index (χ3v) is 4.65. The van der Waals surface area contributed by atoms with E-state index in [2.05, 4.69) is 9.88 Å². The molecule has 0 bridgehead atoms. The molecule has 0 radical (unpaired) electrons. The van der Waals surface area contributed by atoms with Gasteiger partial charge in [-0.2, -0.15) is 0 Å². The van der Waals surface area contributed by atoms with Gasteiger partial charge in [0.2, 0.25) is 5.91 Å². The summed E-state index contributed by atoms with van der Waals surface area (Å²) in [6.07, 6.45) is 2.94. The van der Waals surface area contributed by atoms with Crippen molar-refractivity contribution in [2.45, 2.75) is 18.4 Å². The van der Waals surface area contributed by atoms with E-state index in [-0.39, 0.29) is 5.91 Å². The van der Waals surface area contributed by atoms with E-state index in [1.807, 2.05) is 17.0 Å². The van der Waals surface area contributed by atoms with Crippen LogP contribution in [0.2, 0.25) is 0 Å². The molecule has 2 saturated heterocycles. The zero-order valence-corrected chi connectivity index (χ0v) is 13.5. The fourth-order valence-corrected chi connectivity index (χ4v) is 3.10. The Morgan fingerprint density at radius 3 is 2.65 bits per heavy atom. The lowest BCUT2D eigenvalue weighted by atomic mass is 9.89. The maximum atomic E-state index is 12.7. The molecule has 3 rings (SSSR count). The van der Waals surface area contributed by atoms with Crippen LogP contribution in [-0.2, 0) is 9.53 Å². The summed E-state index contributed by atoms with van der Waals surface area (Å²) >= 11 is 0. The van der Waals surface area contributed by atoms with Gasteiger partial charge in [0.15, 0.2) is 0 Å². The van der Waals surface area contributed by atoms with E-state index in [9.17, 15) is 4.79 Å². The van der Waals surface area contributed by atoms with Crippen LogP contribution >= 0.6 is 0 Å². The van der Waals surface area contributed by atoms with Gasteiger partial charge >= 0.3 is 0 Å². The fraction of sp³-hybridized carbons (Fsp3) is 0.625. The molecule has 7 nitrogen and oxygen atoms in total. The largest absolute Gasteiger partial charge is 0.497 e. The second-order valence-corrected chi connectivity index (χ2v) is 6.10. The van der Waals surface area contributed by atoms with E-state index in [0.29, 0.717) is 39.1 Å². The highest BCUT2D eigenvalue weighted by molar-refractivity contribution is 5.86. The van der Waals surface area contributed by atoms with Crippen LogP contribution in [0.1, 0.15) is 12.8 Å². The van der Waals surface area contributed by atoms with Gasteiger partial charge in [-0.15, -0.1) is 0 Å². The number of hydrogen-bond donors (Lipinski definition) is 1. The van der Waals surface area contributed by atoms with E-state index >= 15 is 0 Å². The van der Waals surface area contributed by atoms with Gasteiger partial charge in [0.05, 0.1) is 12.6 Å². The van der Waals surface area contributed by atoms with Crippen LogP contribution in [0.25, 0.3) is 0 Å². The number of nitrogens with two attached hydrogens (primary N) is 1. The number of methoxy groups -OCH3 is 1. The molecule has 2 aliphatic heterocycles. The van der Waals surface area contributed by atoms with E-state index in [4.69, 9.17) is 15.2 Å². The highest BCUT2D eigenvalue weighted by Gasteiger charge is 2.39. The molecule has 0 unspecified atom stereocenters. The predicted octanol–water partition coefficient (Wildman–Crippen LogP) is 0.247. The lowest BCUT2D eigenvalue weighted by molar-refractivity contribution is -0.140. The summed E-state index contributed by atoms with van der Waals surface area (Å²) in [7, 11) is 1.64. The van der Waals surface area contributed by atoms with E-state index in [1.54, 1.807) is 13.3 Å². The van der Waals surface area contributed by atoms with Crippen molar-refractivity contribution in [3.63, 3.8) is 0 Å². The van der Waals surface area contributed by atoms with Gasteiger partial charge < -0.3 is 25.0 Å². The summed E-state index contributed by atoms with van der Waals surface area (Å²) in [5.74, 6) is 1.72. The van der Waals surface area contributed by atoms with E-state index in [1.165, 1.54) is 0 Å². The van der Waals surface area contributed by atoms with Crippen LogP contribution in [0.5, 0.6) is 5.75 Å².